The van der Waals surface area contributed by atoms with Crippen molar-refractivity contribution in [1.82, 2.24) is 10.2 Å². The molecule has 0 aliphatic carbocycles. The van der Waals surface area contributed by atoms with E-state index in [1.54, 1.807) is 36.5 Å². The summed E-state index contributed by atoms with van der Waals surface area (Å²) in [6, 6.07) is 19.0. The molecule has 2 heterocycles. The zero-order valence-corrected chi connectivity index (χ0v) is 21.1. The van der Waals surface area contributed by atoms with Crippen LogP contribution in [0.4, 0.5) is 13.2 Å². The van der Waals surface area contributed by atoms with Gasteiger partial charge < -0.3 is 0 Å². The third kappa shape index (κ3) is 3.54. The molecule has 4 aromatic carbocycles. The Morgan fingerprint density at radius 2 is 1.50 bits per heavy atom. The van der Waals surface area contributed by atoms with E-state index >= 15 is 0 Å². The average Bonchev–Trinajstić information content (AvgIpc) is 3.27. The Labute approximate surface area is 210 Å². The molecule has 180 valence electrons. The Bertz CT molecular complexity index is 1820. The van der Waals surface area contributed by atoms with Gasteiger partial charge in [0.2, 0.25) is 0 Å². The molecule has 0 radical (unpaired) electrons. The van der Waals surface area contributed by atoms with Crippen LogP contribution in [0.5, 0.6) is 0 Å². The van der Waals surface area contributed by atoms with Crippen molar-refractivity contribution >= 4 is 53.7 Å². The number of nitrogens with zero attached hydrogens (tertiary/aromatic N) is 2. The summed E-state index contributed by atoms with van der Waals surface area (Å²) in [5.74, 6) is 0. The van der Waals surface area contributed by atoms with Crippen molar-refractivity contribution in [3.8, 4) is 11.3 Å². The molecule has 0 saturated carbocycles. The van der Waals surface area contributed by atoms with Crippen LogP contribution in [0.2, 0.25) is 0 Å². The van der Waals surface area contributed by atoms with E-state index in [9.17, 15) is 13.2 Å². The van der Waals surface area contributed by atoms with Crippen molar-refractivity contribution in [1.29, 1.82) is 0 Å². The molecular formula is C30H23F3N2S. The van der Waals surface area contributed by atoms with Crippen molar-refractivity contribution in [2.75, 3.05) is 0 Å². The van der Waals surface area contributed by atoms with E-state index in [4.69, 9.17) is 0 Å². The zero-order valence-electron chi connectivity index (χ0n) is 20.3. The number of hydrogen-bond acceptors (Lipinski definition) is 3. The summed E-state index contributed by atoms with van der Waals surface area (Å²) < 4.78 is 44.6. The summed E-state index contributed by atoms with van der Waals surface area (Å²) in [6.45, 7) is 8.05. The summed E-state index contributed by atoms with van der Waals surface area (Å²) in [6.07, 6.45) is -4.53. The summed E-state index contributed by atoms with van der Waals surface area (Å²) in [5, 5.41) is 15.4. The molecule has 2 nitrogen and oxygen atoms in total. The van der Waals surface area contributed by atoms with E-state index in [-0.39, 0.29) is 21.9 Å². The minimum Gasteiger partial charge on any atom is -0.166 e. The molecule has 6 rings (SSSR count). The Kier molecular flexibility index (Phi) is 4.93. The molecule has 0 atom stereocenters. The van der Waals surface area contributed by atoms with Gasteiger partial charge in [0, 0.05) is 21.0 Å². The molecule has 2 aromatic heterocycles. The molecule has 0 aliphatic heterocycles. The van der Waals surface area contributed by atoms with Gasteiger partial charge in [-0.05, 0) is 86.6 Å². The molecule has 0 amide bonds. The third-order valence-corrected chi connectivity index (χ3v) is 7.74. The maximum Gasteiger partial charge on any atom is 0.417 e. The predicted octanol–water partition coefficient (Wildman–Crippen LogP) is 9.44. The lowest BCUT2D eigenvalue weighted by Crippen LogP contribution is -2.12. The number of aryl methyl sites for hydroxylation is 1. The number of alkyl halides is 3. The number of hydrogen-bond donors (Lipinski definition) is 0. The highest BCUT2D eigenvalue weighted by Gasteiger charge is 2.36. The van der Waals surface area contributed by atoms with Crippen molar-refractivity contribution < 1.29 is 13.2 Å². The minimum absolute atomic E-state index is 0.109. The van der Waals surface area contributed by atoms with E-state index < -0.39 is 11.7 Å². The molecule has 0 unspecified atom stereocenters. The lowest BCUT2D eigenvalue weighted by Gasteiger charge is -2.23. The third-order valence-electron chi connectivity index (χ3n) is 6.86. The van der Waals surface area contributed by atoms with Gasteiger partial charge >= 0.3 is 6.18 Å². The molecule has 6 aromatic rings. The standard InChI is InChI=1S/C30H23F3N2S/c1-16-26-23(12-17-7-5-6-8-21(17)27(26)30(31,32)33)28(35-34-16)20-11-19-15-25-18(9-10-36-25)13-22(19)24(14-20)29(2,3)4/h5-15H,1-4H3. The fourth-order valence-corrected chi connectivity index (χ4v) is 6.04. The molecular weight excluding hydrogens is 477 g/mol. The zero-order chi connectivity index (χ0) is 25.4. The summed E-state index contributed by atoms with van der Waals surface area (Å²) in [7, 11) is 0. The molecule has 0 N–H and O–H groups in total. The van der Waals surface area contributed by atoms with Gasteiger partial charge in [-0.3, -0.25) is 0 Å². The van der Waals surface area contributed by atoms with Gasteiger partial charge in [-0.1, -0.05) is 45.0 Å². The summed E-state index contributed by atoms with van der Waals surface area (Å²) in [5.41, 5.74) is 1.78. The van der Waals surface area contributed by atoms with Crippen LogP contribution >= 0.6 is 11.3 Å². The van der Waals surface area contributed by atoms with E-state index in [1.807, 2.05) is 12.1 Å². The van der Waals surface area contributed by atoms with E-state index in [0.717, 1.165) is 21.9 Å². The summed E-state index contributed by atoms with van der Waals surface area (Å²) >= 11 is 1.67. The lowest BCUT2D eigenvalue weighted by molar-refractivity contribution is -0.135. The smallest absolute Gasteiger partial charge is 0.166 e. The maximum absolute atomic E-state index is 14.5. The number of halogens is 3. The van der Waals surface area contributed by atoms with Gasteiger partial charge in [0.25, 0.3) is 0 Å². The first kappa shape index (κ1) is 22.9. The van der Waals surface area contributed by atoms with Crippen LogP contribution in [0, 0.1) is 6.92 Å². The monoisotopic (exact) mass is 500 g/mol. The number of thiophene rings is 1. The first-order valence-electron chi connectivity index (χ1n) is 11.7. The van der Waals surface area contributed by atoms with Gasteiger partial charge in [-0.2, -0.15) is 18.3 Å². The van der Waals surface area contributed by atoms with E-state index in [0.29, 0.717) is 16.5 Å². The highest BCUT2D eigenvalue weighted by Crippen LogP contribution is 2.44. The second-order valence-corrected chi connectivity index (χ2v) is 11.3. The quantitative estimate of drug-likeness (QED) is 0.210. The van der Waals surface area contributed by atoms with Crippen LogP contribution in [-0.2, 0) is 11.6 Å². The number of fused-ring (bicyclic) bond motifs is 4. The maximum atomic E-state index is 14.5. The molecule has 0 saturated heterocycles. The highest BCUT2D eigenvalue weighted by molar-refractivity contribution is 7.17. The molecule has 0 spiro atoms. The van der Waals surface area contributed by atoms with Crippen LogP contribution in [0.3, 0.4) is 0 Å². The van der Waals surface area contributed by atoms with Crippen molar-refractivity contribution in [2.45, 2.75) is 39.3 Å². The molecule has 6 heteroatoms. The second-order valence-electron chi connectivity index (χ2n) is 10.3. The Balaban J connectivity index is 1.76. The average molecular weight is 501 g/mol. The topological polar surface area (TPSA) is 25.8 Å². The largest absolute Gasteiger partial charge is 0.417 e. The first-order valence-corrected chi connectivity index (χ1v) is 12.6. The van der Waals surface area contributed by atoms with Crippen molar-refractivity contribution in [3.05, 3.63) is 82.9 Å². The molecule has 0 bridgehead atoms. The molecule has 36 heavy (non-hydrogen) atoms. The van der Waals surface area contributed by atoms with Crippen molar-refractivity contribution in [3.63, 3.8) is 0 Å². The SMILES string of the molecule is Cc1nnc(-c2cc(C(C)(C)C)c3cc4ccsc4cc3c2)c2cc3ccccc3c(C(F)(F)F)c12. The Morgan fingerprint density at radius 1 is 0.750 bits per heavy atom. The fraction of sp³-hybridized carbons (Fsp3) is 0.200. The normalized spacial score (nSPS) is 12.9. The van der Waals surface area contributed by atoms with Crippen LogP contribution in [0.1, 0.15) is 37.6 Å². The van der Waals surface area contributed by atoms with Crippen LogP contribution in [-0.4, -0.2) is 10.2 Å². The second kappa shape index (κ2) is 7.74. The Morgan fingerprint density at radius 3 is 2.25 bits per heavy atom. The van der Waals surface area contributed by atoms with Gasteiger partial charge in [-0.15, -0.1) is 16.4 Å². The Hall–Kier alpha value is -3.51. The predicted molar refractivity (Wildman–Crippen MR) is 144 cm³/mol. The highest BCUT2D eigenvalue weighted by atomic mass is 32.1. The first-order chi connectivity index (χ1) is 17.0. The van der Waals surface area contributed by atoms with Crippen LogP contribution in [0.25, 0.3) is 53.7 Å². The van der Waals surface area contributed by atoms with Gasteiger partial charge in [0.1, 0.15) is 5.69 Å². The van der Waals surface area contributed by atoms with E-state index in [1.165, 1.54) is 16.2 Å². The van der Waals surface area contributed by atoms with Crippen LogP contribution in [0.15, 0.2) is 66.0 Å². The number of rotatable bonds is 1. The minimum atomic E-state index is -4.53. The molecule has 0 aliphatic rings. The van der Waals surface area contributed by atoms with Crippen LogP contribution < -0.4 is 0 Å². The summed E-state index contributed by atoms with van der Waals surface area (Å²) in [4.78, 5) is 0. The fourth-order valence-electron chi connectivity index (χ4n) is 5.22. The number of aromatic nitrogens is 2. The van der Waals surface area contributed by atoms with Gasteiger partial charge in [0.15, 0.2) is 0 Å². The van der Waals surface area contributed by atoms with Gasteiger partial charge in [0.05, 0.1) is 11.3 Å². The van der Waals surface area contributed by atoms with E-state index in [2.05, 4.69) is 60.6 Å². The lowest BCUT2D eigenvalue weighted by atomic mass is 9.81. The molecule has 0 fully saturated rings. The number of benzene rings is 4. The van der Waals surface area contributed by atoms with Crippen molar-refractivity contribution in [2.24, 2.45) is 0 Å². The van der Waals surface area contributed by atoms with Gasteiger partial charge in [-0.25, -0.2) is 0 Å².